The first-order valence-corrected chi connectivity index (χ1v) is 8.20. The van der Waals surface area contributed by atoms with Crippen molar-refractivity contribution in [1.29, 1.82) is 0 Å². The number of para-hydroxylation sites is 1. The lowest BCUT2D eigenvalue weighted by molar-refractivity contribution is 0.183. The number of hydrogen-bond donors (Lipinski definition) is 0. The number of hydrogen-bond acceptors (Lipinski definition) is 2. The summed E-state index contributed by atoms with van der Waals surface area (Å²) in [5.41, 5.74) is 0. The van der Waals surface area contributed by atoms with E-state index in [9.17, 15) is 0 Å². The van der Waals surface area contributed by atoms with Gasteiger partial charge in [0, 0.05) is 12.6 Å². The minimum atomic E-state index is 0.0664. The van der Waals surface area contributed by atoms with E-state index in [1.807, 2.05) is 30.3 Å². The molecule has 20 heavy (non-hydrogen) atoms. The SMILES string of the molecule is CCCN1C[C@@H](Oc2ccccc2)[C@@H](Cl)[C@H]1[C@@H](C)CC. The van der Waals surface area contributed by atoms with Gasteiger partial charge in [0.15, 0.2) is 0 Å². The third-order valence-corrected chi connectivity index (χ3v) is 4.83. The van der Waals surface area contributed by atoms with Crippen LogP contribution >= 0.6 is 11.6 Å². The Morgan fingerprint density at radius 2 is 2.00 bits per heavy atom. The Bertz CT molecular complexity index is 397. The van der Waals surface area contributed by atoms with Crippen molar-refractivity contribution in [2.75, 3.05) is 13.1 Å². The topological polar surface area (TPSA) is 12.5 Å². The largest absolute Gasteiger partial charge is 0.487 e. The predicted molar refractivity (Wildman–Crippen MR) is 85.6 cm³/mol. The molecule has 1 aromatic carbocycles. The first-order chi connectivity index (χ1) is 9.67. The molecular weight excluding hydrogens is 270 g/mol. The Balaban J connectivity index is 2.08. The van der Waals surface area contributed by atoms with Crippen molar-refractivity contribution in [1.82, 2.24) is 4.90 Å². The zero-order valence-electron chi connectivity index (χ0n) is 12.8. The highest BCUT2D eigenvalue weighted by Crippen LogP contribution is 2.32. The second kappa shape index (κ2) is 7.33. The van der Waals surface area contributed by atoms with E-state index in [2.05, 4.69) is 25.7 Å². The summed E-state index contributed by atoms with van der Waals surface area (Å²) in [5, 5.41) is 0.0664. The Morgan fingerprint density at radius 1 is 1.30 bits per heavy atom. The monoisotopic (exact) mass is 295 g/mol. The molecule has 1 aromatic rings. The maximum atomic E-state index is 6.73. The van der Waals surface area contributed by atoms with E-state index < -0.39 is 0 Å². The molecule has 1 fully saturated rings. The molecule has 1 aliphatic heterocycles. The second-order valence-electron chi connectivity index (χ2n) is 5.78. The summed E-state index contributed by atoms with van der Waals surface area (Å²) in [4.78, 5) is 2.51. The summed E-state index contributed by atoms with van der Waals surface area (Å²) >= 11 is 6.73. The first-order valence-electron chi connectivity index (χ1n) is 7.77. The average molecular weight is 296 g/mol. The zero-order chi connectivity index (χ0) is 14.5. The summed E-state index contributed by atoms with van der Waals surface area (Å²) in [5.74, 6) is 1.53. The van der Waals surface area contributed by atoms with Gasteiger partial charge in [-0.15, -0.1) is 11.6 Å². The maximum Gasteiger partial charge on any atom is 0.129 e. The van der Waals surface area contributed by atoms with E-state index >= 15 is 0 Å². The van der Waals surface area contributed by atoms with Gasteiger partial charge < -0.3 is 4.74 Å². The highest BCUT2D eigenvalue weighted by atomic mass is 35.5. The van der Waals surface area contributed by atoms with Gasteiger partial charge in [-0.25, -0.2) is 0 Å². The van der Waals surface area contributed by atoms with E-state index in [4.69, 9.17) is 16.3 Å². The normalized spacial score (nSPS) is 28.5. The fraction of sp³-hybridized carbons (Fsp3) is 0.647. The van der Waals surface area contributed by atoms with Crippen molar-refractivity contribution < 1.29 is 4.74 Å². The van der Waals surface area contributed by atoms with E-state index in [0.717, 1.165) is 31.7 Å². The average Bonchev–Trinajstić information content (AvgIpc) is 2.76. The molecule has 0 radical (unpaired) electrons. The van der Waals surface area contributed by atoms with Crippen molar-refractivity contribution >= 4 is 11.6 Å². The second-order valence-corrected chi connectivity index (χ2v) is 6.29. The van der Waals surface area contributed by atoms with Crippen molar-refractivity contribution in [3.8, 4) is 5.75 Å². The Morgan fingerprint density at radius 3 is 2.60 bits per heavy atom. The predicted octanol–water partition coefficient (Wildman–Crippen LogP) is 4.18. The van der Waals surface area contributed by atoms with Crippen LogP contribution in [-0.4, -0.2) is 35.5 Å². The molecule has 1 saturated heterocycles. The molecule has 0 N–H and O–H groups in total. The number of benzene rings is 1. The summed E-state index contributed by atoms with van der Waals surface area (Å²) in [6.45, 7) is 8.80. The van der Waals surface area contributed by atoms with Gasteiger partial charge in [0.1, 0.15) is 11.9 Å². The third-order valence-electron chi connectivity index (χ3n) is 4.29. The van der Waals surface area contributed by atoms with Crippen molar-refractivity contribution in [3.05, 3.63) is 30.3 Å². The fourth-order valence-corrected chi connectivity index (χ4v) is 3.63. The minimum Gasteiger partial charge on any atom is -0.487 e. The summed E-state index contributed by atoms with van der Waals surface area (Å²) in [7, 11) is 0. The van der Waals surface area contributed by atoms with E-state index in [1.54, 1.807) is 0 Å². The first kappa shape index (κ1) is 15.7. The summed E-state index contributed by atoms with van der Waals surface area (Å²) in [6.07, 6.45) is 2.41. The maximum absolute atomic E-state index is 6.73. The minimum absolute atomic E-state index is 0.0664. The van der Waals surface area contributed by atoms with Crippen LogP contribution in [0, 0.1) is 5.92 Å². The van der Waals surface area contributed by atoms with Crippen LogP contribution in [0.1, 0.15) is 33.6 Å². The quantitative estimate of drug-likeness (QED) is 0.730. The summed E-state index contributed by atoms with van der Waals surface area (Å²) in [6, 6.07) is 10.4. The molecule has 112 valence electrons. The molecule has 0 spiro atoms. The molecule has 0 aliphatic carbocycles. The van der Waals surface area contributed by atoms with Crippen LogP contribution in [-0.2, 0) is 0 Å². The lowest BCUT2D eigenvalue weighted by Crippen LogP contribution is -2.39. The lowest BCUT2D eigenvalue weighted by Gasteiger charge is -2.30. The van der Waals surface area contributed by atoms with Gasteiger partial charge in [-0.05, 0) is 31.0 Å². The van der Waals surface area contributed by atoms with Gasteiger partial charge in [-0.1, -0.05) is 45.4 Å². The van der Waals surface area contributed by atoms with Gasteiger partial charge in [0.05, 0.1) is 5.38 Å². The van der Waals surface area contributed by atoms with Crippen LogP contribution in [0.15, 0.2) is 30.3 Å². The van der Waals surface area contributed by atoms with Gasteiger partial charge in [0.25, 0.3) is 0 Å². The smallest absolute Gasteiger partial charge is 0.129 e. The molecule has 4 atom stereocenters. The number of nitrogens with zero attached hydrogens (tertiary/aromatic N) is 1. The number of likely N-dealkylation sites (tertiary alicyclic amines) is 1. The van der Waals surface area contributed by atoms with Crippen LogP contribution in [0.4, 0.5) is 0 Å². The molecule has 0 amide bonds. The Labute approximate surface area is 128 Å². The molecule has 0 unspecified atom stereocenters. The Kier molecular flexibility index (Phi) is 5.74. The number of ether oxygens (including phenoxy) is 1. The lowest BCUT2D eigenvalue weighted by atomic mass is 9.96. The highest BCUT2D eigenvalue weighted by Gasteiger charge is 2.43. The fourth-order valence-electron chi connectivity index (χ4n) is 3.09. The van der Waals surface area contributed by atoms with Crippen molar-refractivity contribution in [3.63, 3.8) is 0 Å². The molecule has 1 heterocycles. The van der Waals surface area contributed by atoms with E-state index in [1.165, 1.54) is 0 Å². The van der Waals surface area contributed by atoms with Gasteiger partial charge in [-0.3, -0.25) is 4.90 Å². The van der Waals surface area contributed by atoms with Crippen LogP contribution in [0.2, 0.25) is 0 Å². The highest BCUT2D eigenvalue weighted by molar-refractivity contribution is 6.21. The van der Waals surface area contributed by atoms with Crippen LogP contribution in [0.25, 0.3) is 0 Å². The molecule has 1 aliphatic rings. The summed E-state index contributed by atoms with van der Waals surface area (Å²) < 4.78 is 6.12. The molecule has 0 saturated carbocycles. The molecule has 2 rings (SSSR count). The van der Waals surface area contributed by atoms with Crippen LogP contribution in [0.5, 0.6) is 5.75 Å². The standard InChI is InChI=1S/C17H26ClNO/c1-4-11-19-12-15(16(18)17(19)13(3)5-2)20-14-9-7-6-8-10-14/h6-10,13,15-17H,4-5,11-12H2,1-3H3/t13-,15+,16+,17+/m0/s1. The van der Waals surface area contributed by atoms with Crippen molar-refractivity contribution in [2.24, 2.45) is 5.92 Å². The van der Waals surface area contributed by atoms with E-state index in [0.29, 0.717) is 12.0 Å². The van der Waals surface area contributed by atoms with Crippen LogP contribution < -0.4 is 4.74 Å². The zero-order valence-corrected chi connectivity index (χ0v) is 13.5. The van der Waals surface area contributed by atoms with Crippen molar-refractivity contribution in [2.45, 2.75) is 51.1 Å². The van der Waals surface area contributed by atoms with Gasteiger partial charge in [-0.2, -0.15) is 0 Å². The molecule has 0 aromatic heterocycles. The third kappa shape index (κ3) is 3.48. The van der Waals surface area contributed by atoms with Crippen LogP contribution in [0.3, 0.4) is 0 Å². The van der Waals surface area contributed by atoms with E-state index in [-0.39, 0.29) is 11.5 Å². The Hall–Kier alpha value is -0.730. The van der Waals surface area contributed by atoms with Gasteiger partial charge >= 0.3 is 0 Å². The molecule has 2 nitrogen and oxygen atoms in total. The number of rotatable bonds is 6. The molecular formula is C17H26ClNO. The number of halogens is 1. The number of alkyl halides is 1. The van der Waals surface area contributed by atoms with Gasteiger partial charge in [0.2, 0.25) is 0 Å². The molecule has 0 bridgehead atoms. The molecule has 3 heteroatoms.